The number of pyridine rings is 1. The van der Waals surface area contributed by atoms with E-state index in [0.717, 1.165) is 37.1 Å². The van der Waals surface area contributed by atoms with E-state index in [1.165, 1.54) is 0 Å². The van der Waals surface area contributed by atoms with Crippen LogP contribution in [0.5, 0.6) is 0 Å². The lowest BCUT2D eigenvalue weighted by Crippen LogP contribution is -2.47. The second kappa shape index (κ2) is 8.31. The lowest BCUT2D eigenvalue weighted by atomic mass is 10.0. The lowest BCUT2D eigenvalue weighted by Gasteiger charge is -2.35. The average Bonchev–Trinajstić information content (AvgIpc) is 2.60. The summed E-state index contributed by atoms with van der Waals surface area (Å²) in [6, 6.07) is 5.63. The van der Waals surface area contributed by atoms with Crippen LogP contribution in [0.15, 0.2) is 29.2 Å². The van der Waals surface area contributed by atoms with Crippen molar-refractivity contribution in [2.24, 2.45) is 0 Å². The molecule has 2 aromatic rings. The molecule has 152 valence electrons. The highest BCUT2D eigenvalue weighted by Gasteiger charge is 2.25. The van der Waals surface area contributed by atoms with Crippen LogP contribution in [0, 0.1) is 6.92 Å². The van der Waals surface area contributed by atoms with Gasteiger partial charge in [-0.15, -0.1) is 0 Å². The highest BCUT2D eigenvalue weighted by atomic mass is 16.6. The summed E-state index contributed by atoms with van der Waals surface area (Å²) < 4.78 is 6.91. The summed E-state index contributed by atoms with van der Waals surface area (Å²) in [5.41, 5.74) is 1.87. The molecule has 1 fully saturated rings. The number of likely N-dealkylation sites (tertiary alicyclic amines) is 1. The van der Waals surface area contributed by atoms with Crippen LogP contribution in [-0.2, 0) is 11.3 Å². The number of nitrogens with one attached hydrogen (secondary N) is 1. The Labute approximate surface area is 165 Å². The number of piperidine rings is 1. The van der Waals surface area contributed by atoms with E-state index < -0.39 is 11.7 Å². The largest absolute Gasteiger partial charge is 0.444 e. The Morgan fingerprint density at radius 3 is 2.89 bits per heavy atom. The molecular formula is C21H30N4O3. The van der Waals surface area contributed by atoms with E-state index in [1.807, 2.05) is 39.8 Å². The molecule has 1 saturated heterocycles. The highest BCUT2D eigenvalue weighted by Crippen LogP contribution is 2.19. The fourth-order valence-corrected chi connectivity index (χ4v) is 3.61. The maximum atomic E-state index is 12.5. The van der Waals surface area contributed by atoms with Crippen LogP contribution in [0.3, 0.4) is 0 Å². The van der Waals surface area contributed by atoms with Crippen LogP contribution in [0.1, 0.15) is 51.3 Å². The predicted octanol–water partition coefficient (Wildman–Crippen LogP) is 2.88. The normalized spacial score (nSPS) is 18.2. The molecule has 7 nitrogen and oxygen atoms in total. The zero-order chi connectivity index (χ0) is 20.3. The van der Waals surface area contributed by atoms with Gasteiger partial charge in [0.2, 0.25) is 0 Å². The standard InChI is InChI=1S/C21H30N4O3/c1-15-8-7-11-25-18(26)12-16(23-19(15)25)14-24-10-6-5-9-17(24)13-22-20(27)28-21(2,3)4/h7-8,11-12,17H,5-6,9-10,13-14H2,1-4H3,(H,22,27). The van der Waals surface area contributed by atoms with Gasteiger partial charge in [-0.2, -0.15) is 0 Å². The molecule has 1 aliphatic heterocycles. The van der Waals surface area contributed by atoms with Crippen molar-refractivity contribution in [3.05, 3.63) is 46.0 Å². The molecule has 0 aliphatic carbocycles. The number of carbonyl (C=O) groups excluding carboxylic acids is 1. The summed E-state index contributed by atoms with van der Waals surface area (Å²) in [4.78, 5) is 31.5. The number of hydrogen-bond donors (Lipinski definition) is 1. The van der Waals surface area contributed by atoms with E-state index in [0.29, 0.717) is 18.7 Å². The number of alkyl carbamates (subject to hydrolysis) is 1. The number of nitrogens with zero attached hydrogens (tertiary/aromatic N) is 3. The van der Waals surface area contributed by atoms with Crippen LogP contribution in [0.25, 0.3) is 5.65 Å². The van der Waals surface area contributed by atoms with Crippen molar-refractivity contribution < 1.29 is 9.53 Å². The van der Waals surface area contributed by atoms with Crippen molar-refractivity contribution in [1.82, 2.24) is 19.6 Å². The number of carbonyl (C=O) groups is 1. The molecule has 2 aromatic heterocycles. The monoisotopic (exact) mass is 386 g/mol. The van der Waals surface area contributed by atoms with Gasteiger partial charge in [0.15, 0.2) is 0 Å². The fraction of sp³-hybridized carbons (Fsp3) is 0.571. The van der Waals surface area contributed by atoms with Gasteiger partial charge >= 0.3 is 6.09 Å². The first-order chi connectivity index (χ1) is 13.2. The van der Waals surface area contributed by atoms with Gasteiger partial charge in [-0.25, -0.2) is 9.78 Å². The summed E-state index contributed by atoms with van der Waals surface area (Å²) >= 11 is 0. The maximum Gasteiger partial charge on any atom is 0.407 e. The zero-order valence-corrected chi connectivity index (χ0v) is 17.2. The van der Waals surface area contributed by atoms with Crippen LogP contribution < -0.4 is 10.9 Å². The van der Waals surface area contributed by atoms with Gasteiger partial charge in [0.1, 0.15) is 11.2 Å². The average molecular weight is 386 g/mol. The first-order valence-electron chi connectivity index (χ1n) is 9.92. The van der Waals surface area contributed by atoms with Crippen molar-refractivity contribution in [3.63, 3.8) is 0 Å². The molecule has 0 radical (unpaired) electrons. The van der Waals surface area contributed by atoms with Gasteiger partial charge in [0, 0.05) is 31.4 Å². The third-order valence-electron chi connectivity index (χ3n) is 4.93. The Kier molecular flexibility index (Phi) is 6.03. The lowest BCUT2D eigenvalue weighted by molar-refractivity contribution is 0.0491. The third kappa shape index (κ3) is 5.10. The van der Waals surface area contributed by atoms with Crippen molar-refractivity contribution >= 4 is 11.7 Å². The number of rotatable bonds is 4. The van der Waals surface area contributed by atoms with Gasteiger partial charge in [-0.1, -0.05) is 12.5 Å². The Balaban J connectivity index is 1.71. The Bertz CT molecular complexity index is 901. The molecule has 1 unspecified atom stereocenters. The maximum absolute atomic E-state index is 12.5. The second-order valence-electron chi connectivity index (χ2n) is 8.47. The van der Waals surface area contributed by atoms with E-state index in [2.05, 4.69) is 10.2 Å². The zero-order valence-electron chi connectivity index (χ0n) is 17.2. The molecule has 1 atom stereocenters. The molecule has 3 rings (SSSR count). The number of aryl methyl sites for hydroxylation is 1. The van der Waals surface area contributed by atoms with Gasteiger partial charge in [0.05, 0.1) is 5.69 Å². The minimum Gasteiger partial charge on any atom is -0.444 e. The summed E-state index contributed by atoms with van der Waals surface area (Å²) in [6.07, 6.45) is 4.59. The quantitative estimate of drug-likeness (QED) is 0.874. The van der Waals surface area contributed by atoms with Gasteiger partial charge in [-0.3, -0.25) is 14.1 Å². The smallest absolute Gasteiger partial charge is 0.407 e. The summed E-state index contributed by atoms with van der Waals surface area (Å²) in [7, 11) is 0. The van der Waals surface area contributed by atoms with E-state index in [4.69, 9.17) is 9.72 Å². The Morgan fingerprint density at radius 1 is 1.36 bits per heavy atom. The van der Waals surface area contributed by atoms with Crippen molar-refractivity contribution in [3.8, 4) is 0 Å². The van der Waals surface area contributed by atoms with Crippen LogP contribution >= 0.6 is 0 Å². The molecule has 0 bridgehead atoms. The third-order valence-corrected chi connectivity index (χ3v) is 4.93. The van der Waals surface area contributed by atoms with E-state index in [9.17, 15) is 9.59 Å². The molecular weight excluding hydrogens is 356 g/mol. The number of aromatic nitrogens is 2. The van der Waals surface area contributed by atoms with Gasteiger partial charge in [0.25, 0.3) is 5.56 Å². The number of fused-ring (bicyclic) bond motifs is 1. The second-order valence-corrected chi connectivity index (χ2v) is 8.47. The molecule has 1 N–H and O–H groups in total. The van der Waals surface area contributed by atoms with Crippen molar-refractivity contribution in [2.75, 3.05) is 13.1 Å². The molecule has 3 heterocycles. The molecule has 1 amide bonds. The van der Waals surface area contributed by atoms with E-state index >= 15 is 0 Å². The summed E-state index contributed by atoms with van der Waals surface area (Å²) in [6.45, 7) is 9.57. The Morgan fingerprint density at radius 2 is 2.14 bits per heavy atom. The first-order valence-corrected chi connectivity index (χ1v) is 9.92. The minimum absolute atomic E-state index is 0.0656. The number of ether oxygens (including phenoxy) is 1. The topological polar surface area (TPSA) is 75.9 Å². The highest BCUT2D eigenvalue weighted by molar-refractivity contribution is 5.67. The minimum atomic E-state index is -0.509. The van der Waals surface area contributed by atoms with E-state index in [-0.39, 0.29) is 11.6 Å². The molecule has 0 spiro atoms. The predicted molar refractivity (Wildman–Crippen MR) is 108 cm³/mol. The Hall–Kier alpha value is -2.41. The van der Waals surface area contributed by atoms with Crippen LogP contribution in [0.2, 0.25) is 0 Å². The van der Waals surface area contributed by atoms with Crippen molar-refractivity contribution in [1.29, 1.82) is 0 Å². The van der Waals surface area contributed by atoms with Crippen LogP contribution in [0.4, 0.5) is 4.79 Å². The molecule has 0 aromatic carbocycles. The first kappa shape index (κ1) is 20.3. The molecule has 1 aliphatic rings. The number of hydrogen-bond acceptors (Lipinski definition) is 5. The summed E-state index contributed by atoms with van der Waals surface area (Å²) in [5.74, 6) is 0. The number of amides is 1. The molecule has 28 heavy (non-hydrogen) atoms. The van der Waals surface area contributed by atoms with Gasteiger partial charge in [-0.05, 0) is 58.7 Å². The van der Waals surface area contributed by atoms with Crippen LogP contribution in [-0.4, -0.2) is 45.1 Å². The fourth-order valence-electron chi connectivity index (χ4n) is 3.61. The summed E-state index contributed by atoms with van der Waals surface area (Å²) in [5, 5.41) is 2.89. The molecule has 7 heteroatoms. The van der Waals surface area contributed by atoms with Gasteiger partial charge < -0.3 is 10.1 Å². The molecule has 0 saturated carbocycles. The SMILES string of the molecule is Cc1cccn2c(=O)cc(CN3CCCCC3CNC(=O)OC(C)(C)C)nc12. The van der Waals surface area contributed by atoms with E-state index in [1.54, 1.807) is 16.7 Å². The van der Waals surface area contributed by atoms with Crippen molar-refractivity contribution in [2.45, 2.75) is 65.1 Å².